The molecule has 5 unspecified atom stereocenters. The third-order valence-corrected chi connectivity index (χ3v) is 13.0. The molecule has 210 valence electrons. The Bertz CT molecular complexity index is 1020. The van der Waals surface area contributed by atoms with Crippen LogP contribution in [0.4, 0.5) is 0 Å². The van der Waals surface area contributed by atoms with Crippen molar-refractivity contribution in [2.45, 2.75) is 131 Å². The minimum absolute atomic E-state index is 0.398. The fraction of sp³-hybridized carbons (Fsp3) is 0.784. The second kappa shape index (κ2) is 10.4. The van der Waals surface area contributed by atoms with E-state index in [9.17, 15) is 0 Å². The van der Waals surface area contributed by atoms with E-state index in [0.717, 1.165) is 48.3 Å². The van der Waals surface area contributed by atoms with Gasteiger partial charge >= 0.3 is 0 Å². The first kappa shape index (κ1) is 27.1. The van der Waals surface area contributed by atoms with Crippen molar-refractivity contribution in [3.63, 3.8) is 0 Å². The van der Waals surface area contributed by atoms with Gasteiger partial charge in [0.2, 0.25) is 0 Å². The molecule has 38 heavy (non-hydrogen) atoms. The van der Waals surface area contributed by atoms with Crippen LogP contribution in [0.2, 0.25) is 0 Å². The van der Waals surface area contributed by atoms with Gasteiger partial charge in [0, 0.05) is 0 Å². The van der Waals surface area contributed by atoms with Crippen LogP contribution >= 0.6 is 0 Å². The first-order valence-electron chi connectivity index (χ1n) is 16.6. The highest BCUT2D eigenvalue weighted by atomic mass is 16.5. The molecule has 1 aromatic carbocycles. The summed E-state index contributed by atoms with van der Waals surface area (Å²) in [6.45, 7) is 15.0. The number of rotatable bonds is 7. The zero-order chi connectivity index (χ0) is 26.7. The minimum atomic E-state index is 0.398. The van der Waals surface area contributed by atoms with Crippen LogP contribution in [0.15, 0.2) is 30.4 Å². The van der Waals surface area contributed by atoms with E-state index in [1.807, 2.05) is 0 Å². The lowest BCUT2D eigenvalue weighted by Gasteiger charge is -2.59. The number of aryl methyl sites for hydroxylation is 1. The Hall–Kier alpha value is -1.08. The molecule has 1 heteroatoms. The number of hydrogen-bond donors (Lipinski definition) is 0. The smallest absolute Gasteiger partial charge is 0.0659 e. The van der Waals surface area contributed by atoms with Crippen molar-refractivity contribution in [3.8, 4) is 0 Å². The fourth-order valence-electron chi connectivity index (χ4n) is 10.8. The van der Waals surface area contributed by atoms with Crippen LogP contribution in [0.3, 0.4) is 0 Å². The van der Waals surface area contributed by atoms with Gasteiger partial charge in [-0.25, -0.2) is 0 Å². The largest absolute Gasteiger partial charge is 0.374 e. The molecule has 0 radical (unpaired) electrons. The van der Waals surface area contributed by atoms with Crippen LogP contribution in [-0.2, 0) is 17.6 Å². The molecule has 0 heterocycles. The van der Waals surface area contributed by atoms with Crippen molar-refractivity contribution < 1.29 is 4.74 Å². The molecule has 1 nitrogen and oxygen atoms in total. The monoisotopic (exact) mass is 516 g/mol. The predicted octanol–water partition coefficient (Wildman–Crippen LogP) is 9.74. The molecule has 3 fully saturated rings. The summed E-state index contributed by atoms with van der Waals surface area (Å²) >= 11 is 0. The van der Waals surface area contributed by atoms with Crippen LogP contribution < -0.4 is 0 Å². The SMILES string of the molecule is Cc1ccc2c(c1)CC(O[C@@H]1CC[C@]3(C)C(C=CC4C5CC[C@@H](C(C)CCCC(C)C)[C@]5(C)CC[C@H]43)C1)C2. The maximum atomic E-state index is 6.84. The average Bonchev–Trinajstić information content (AvgIpc) is 3.43. The molecule has 0 amide bonds. The second-order valence-electron chi connectivity index (χ2n) is 15.7. The summed E-state index contributed by atoms with van der Waals surface area (Å²) in [7, 11) is 0. The van der Waals surface area contributed by atoms with Gasteiger partial charge in [-0.2, -0.15) is 0 Å². The van der Waals surface area contributed by atoms with Crippen molar-refractivity contribution in [1.29, 1.82) is 0 Å². The van der Waals surface area contributed by atoms with Crippen LogP contribution in [-0.4, -0.2) is 12.2 Å². The molecule has 1 aromatic rings. The molecule has 0 aromatic heterocycles. The van der Waals surface area contributed by atoms with Crippen LogP contribution in [0.5, 0.6) is 0 Å². The van der Waals surface area contributed by atoms with E-state index in [1.54, 1.807) is 0 Å². The van der Waals surface area contributed by atoms with Gasteiger partial charge in [0.25, 0.3) is 0 Å². The summed E-state index contributed by atoms with van der Waals surface area (Å²) < 4.78 is 6.84. The van der Waals surface area contributed by atoms with Gasteiger partial charge in [-0.05, 0) is 128 Å². The normalized spacial score (nSPS) is 42.4. The molecule has 5 aliphatic carbocycles. The van der Waals surface area contributed by atoms with Crippen LogP contribution in [0, 0.1) is 59.2 Å². The molecule has 5 aliphatic rings. The van der Waals surface area contributed by atoms with Crippen molar-refractivity contribution in [2.75, 3.05) is 0 Å². The Morgan fingerprint density at radius 1 is 0.842 bits per heavy atom. The van der Waals surface area contributed by atoms with Gasteiger partial charge in [0.05, 0.1) is 12.2 Å². The summed E-state index contributed by atoms with van der Waals surface area (Å²) in [4.78, 5) is 0. The second-order valence-corrected chi connectivity index (χ2v) is 15.7. The third-order valence-electron chi connectivity index (χ3n) is 13.0. The van der Waals surface area contributed by atoms with Crippen molar-refractivity contribution in [1.82, 2.24) is 0 Å². The van der Waals surface area contributed by atoms with Gasteiger partial charge < -0.3 is 4.74 Å². The zero-order valence-corrected chi connectivity index (χ0v) is 25.5. The highest BCUT2D eigenvalue weighted by Gasteiger charge is 2.59. The van der Waals surface area contributed by atoms with E-state index in [1.165, 1.54) is 80.9 Å². The summed E-state index contributed by atoms with van der Waals surface area (Å²) in [5, 5.41) is 0. The van der Waals surface area contributed by atoms with Gasteiger partial charge in [0.1, 0.15) is 0 Å². The van der Waals surface area contributed by atoms with Crippen LogP contribution in [0.1, 0.15) is 116 Å². The topological polar surface area (TPSA) is 9.23 Å². The standard InChI is InChI=1S/C37H56O/c1-24(2)8-7-9-26(4)33-14-15-34-32-13-12-29-23-30(16-18-36(29,5)35(32)17-19-37(33,34)6)38-31-21-27-11-10-25(3)20-28(27)22-31/h10-13,20,24,26,29-35H,7-9,14-19,21-23H2,1-6H3/t26?,29?,30-,31?,32?,33+,34?,35-,36-,37+/m1/s1. The molecule has 0 bridgehead atoms. The van der Waals surface area contributed by atoms with E-state index < -0.39 is 0 Å². The molecular formula is C37H56O. The van der Waals surface area contributed by atoms with E-state index in [2.05, 4.69) is 71.9 Å². The molecule has 0 N–H and O–H groups in total. The number of allylic oxidation sites excluding steroid dienone is 2. The number of fused-ring (bicyclic) bond motifs is 6. The zero-order valence-electron chi connectivity index (χ0n) is 25.5. The minimum Gasteiger partial charge on any atom is -0.374 e. The fourth-order valence-corrected chi connectivity index (χ4v) is 10.8. The summed E-state index contributed by atoms with van der Waals surface area (Å²) in [6.07, 6.45) is 22.6. The Morgan fingerprint density at radius 3 is 2.42 bits per heavy atom. The average molecular weight is 517 g/mol. The highest BCUT2D eigenvalue weighted by molar-refractivity contribution is 5.36. The lowest BCUT2D eigenvalue weighted by Crippen LogP contribution is -2.52. The van der Waals surface area contributed by atoms with Crippen molar-refractivity contribution in [3.05, 3.63) is 47.0 Å². The molecule has 6 rings (SSSR count). The van der Waals surface area contributed by atoms with E-state index in [-0.39, 0.29) is 0 Å². The van der Waals surface area contributed by atoms with Gasteiger partial charge in [0.15, 0.2) is 0 Å². The number of ether oxygens (including phenoxy) is 1. The lowest BCUT2D eigenvalue weighted by molar-refractivity contribution is -0.105. The first-order chi connectivity index (χ1) is 18.2. The van der Waals surface area contributed by atoms with E-state index in [0.29, 0.717) is 29.0 Å². The lowest BCUT2D eigenvalue weighted by atomic mass is 9.46. The van der Waals surface area contributed by atoms with E-state index in [4.69, 9.17) is 4.74 Å². The van der Waals surface area contributed by atoms with Crippen molar-refractivity contribution in [2.24, 2.45) is 52.3 Å². The van der Waals surface area contributed by atoms with E-state index >= 15 is 0 Å². The predicted molar refractivity (Wildman–Crippen MR) is 160 cm³/mol. The molecule has 3 saturated carbocycles. The summed E-state index contributed by atoms with van der Waals surface area (Å²) in [5.74, 6) is 6.05. The maximum Gasteiger partial charge on any atom is 0.0659 e. The Labute approximate surface area is 234 Å². The molecular weight excluding hydrogens is 460 g/mol. The molecule has 10 atom stereocenters. The van der Waals surface area contributed by atoms with Gasteiger partial charge in [-0.1, -0.05) is 89.8 Å². The van der Waals surface area contributed by atoms with Crippen molar-refractivity contribution >= 4 is 0 Å². The molecule has 0 saturated heterocycles. The Kier molecular flexibility index (Phi) is 7.41. The molecule has 0 spiro atoms. The summed E-state index contributed by atoms with van der Waals surface area (Å²) in [5.41, 5.74) is 5.50. The Balaban J connectivity index is 1.10. The van der Waals surface area contributed by atoms with Gasteiger partial charge in [-0.15, -0.1) is 0 Å². The van der Waals surface area contributed by atoms with Gasteiger partial charge in [-0.3, -0.25) is 0 Å². The third kappa shape index (κ3) is 4.76. The number of hydrogen-bond acceptors (Lipinski definition) is 1. The highest BCUT2D eigenvalue weighted by Crippen LogP contribution is 2.67. The summed E-state index contributed by atoms with van der Waals surface area (Å²) in [6, 6.07) is 7.00. The quantitative estimate of drug-likeness (QED) is 0.328. The Morgan fingerprint density at radius 2 is 1.61 bits per heavy atom. The maximum absolute atomic E-state index is 6.84. The first-order valence-corrected chi connectivity index (χ1v) is 16.6. The molecule has 0 aliphatic heterocycles. The number of benzene rings is 1. The van der Waals surface area contributed by atoms with Crippen LogP contribution in [0.25, 0.3) is 0 Å².